The summed E-state index contributed by atoms with van der Waals surface area (Å²) >= 11 is 0. The van der Waals surface area contributed by atoms with Gasteiger partial charge in [0.25, 0.3) is 0 Å². The molecule has 1 aromatic heterocycles. The van der Waals surface area contributed by atoms with Crippen LogP contribution in [0.5, 0.6) is 0 Å². The zero-order valence-corrected chi connectivity index (χ0v) is 13.8. The summed E-state index contributed by atoms with van der Waals surface area (Å²) in [5, 5.41) is 10.5. The SMILES string of the molecule is O[C@H]1CN(c2cnc3ccccc3n2)CCN(C2CCOCC2)C1. The Morgan fingerprint density at radius 2 is 1.83 bits per heavy atom. The molecule has 0 radical (unpaired) electrons. The van der Waals surface area contributed by atoms with E-state index in [1.807, 2.05) is 30.5 Å². The quantitative estimate of drug-likeness (QED) is 0.896. The lowest BCUT2D eigenvalue weighted by Gasteiger charge is -2.33. The molecule has 2 fully saturated rings. The molecule has 2 aromatic rings. The number of benzene rings is 1. The van der Waals surface area contributed by atoms with Crippen molar-refractivity contribution in [1.82, 2.24) is 14.9 Å². The average molecular weight is 328 g/mol. The van der Waals surface area contributed by atoms with Crippen LogP contribution in [-0.2, 0) is 4.74 Å². The number of nitrogens with zero attached hydrogens (tertiary/aromatic N) is 4. The number of ether oxygens (including phenoxy) is 1. The number of aliphatic hydroxyl groups excluding tert-OH is 1. The normalized spacial score (nSPS) is 24.2. The minimum atomic E-state index is -0.372. The lowest BCUT2D eigenvalue weighted by atomic mass is 10.1. The van der Waals surface area contributed by atoms with E-state index < -0.39 is 0 Å². The molecule has 3 heterocycles. The van der Waals surface area contributed by atoms with Crippen molar-refractivity contribution >= 4 is 16.9 Å². The van der Waals surface area contributed by atoms with E-state index in [4.69, 9.17) is 9.72 Å². The molecular formula is C18H24N4O2. The number of β-amino-alcohol motifs (C(OH)–C–C–N with tert-alkyl or cyclic N) is 1. The highest BCUT2D eigenvalue weighted by molar-refractivity contribution is 5.75. The average Bonchev–Trinajstić information content (AvgIpc) is 2.84. The number of aromatic nitrogens is 2. The van der Waals surface area contributed by atoms with Crippen molar-refractivity contribution in [1.29, 1.82) is 0 Å². The maximum absolute atomic E-state index is 10.5. The first-order valence-corrected chi connectivity index (χ1v) is 8.76. The fourth-order valence-electron chi connectivity index (χ4n) is 3.70. The van der Waals surface area contributed by atoms with Crippen molar-refractivity contribution in [2.75, 3.05) is 44.3 Å². The third-order valence-corrected chi connectivity index (χ3v) is 5.00. The standard InChI is InChI=1S/C18H24N4O2/c23-15-12-21(14-5-9-24-10-6-14)7-8-22(13-15)18-11-19-16-3-1-2-4-17(16)20-18/h1-4,11,14-15,23H,5-10,12-13H2/t15-/m1/s1. The summed E-state index contributed by atoms with van der Waals surface area (Å²) in [4.78, 5) is 13.8. The topological polar surface area (TPSA) is 61.7 Å². The molecule has 0 amide bonds. The van der Waals surface area contributed by atoms with Crippen LogP contribution in [-0.4, -0.2) is 71.5 Å². The van der Waals surface area contributed by atoms with Crippen LogP contribution < -0.4 is 4.90 Å². The zero-order chi connectivity index (χ0) is 16.4. The number of aliphatic hydroxyl groups is 1. The first-order valence-electron chi connectivity index (χ1n) is 8.76. The molecule has 0 aliphatic carbocycles. The Kier molecular flexibility index (Phi) is 4.60. The van der Waals surface area contributed by atoms with Gasteiger partial charge >= 0.3 is 0 Å². The zero-order valence-electron chi connectivity index (χ0n) is 13.8. The maximum atomic E-state index is 10.5. The summed E-state index contributed by atoms with van der Waals surface area (Å²) in [5.74, 6) is 0.849. The maximum Gasteiger partial charge on any atom is 0.147 e. The number of rotatable bonds is 2. The Bertz CT molecular complexity index is 690. The highest BCUT2D eigenvalue weighted by atomic mass is 16.5. The molecule has 6 nitrogen and oxygen atoms in total. The van der Waals surface area contributed by atoms with Gasteiger partial charge in [0.15, 0.2) is 0 Å². The number of anilines is 1. The van der Waals surface area contributed by atoms with Gasteiger partial charge in [0, 0.05) is 45.4 Å². The summed E-state index contributed by atoms with van der Waals surface area (Å²) in [6.45, 7) is 4.79. The van der Waals surface area contributed by atoms with Gasteiger partial charge in [-0.25, -0.2) is 4.98 Å². The molecule has 4 rings (SSSR count). The molecular weight excluding hydrogens is 304 g/mol. The minimum Gasteiger partial charge on any atom is -0.390 e. The van der Waals surface area contributed by atoms with E-state index in [9.17, 15) is 5.11 Å². The molecule has 2 aliphatic heterocycles. The molecule has 2 aliphatic rings. The highest BCUT2D eigenvalue weighted by Crippen LogP contribution is 2.20. The predicted molar refractivity (Wildman–Crippen MR) is 93.2 cm³/mol. The largest absolute Gasteiger partial charge is 0.390 e. The summed E-state index contributed by atoms with van der Waals surface area (Å²) in [6, 6.07) is 8.42. The van der Waals surface area contributed by atoms with Crippen LogP contribution in [0.25, 0.3) is 11.0 Å². The Morgan fingerprint density at radius 1 is 1.04 bits per heavy atom. The lowest BCUT2D eigenvalue weighted by molar-refractivity contribution is 0.0219. The number of hydrogen-bond acceptors (Lipinski definition) is 6. The van der Waals surface area contributed by atoms with Crippen molar-refractivity contribution in [3.05, 3.63) is 30.5 Å². The van der Waals surface area contributed by atoms with E-state index in [0.29, 0.717) is 12.6 Å². The Morgan fingerprint density at radius 3 is 2.67 bits per heavy atom. The molecule has 1 aromatic carbocycles. The number of fused-ring (bicyclic) bond motifs is 1. The molecule has 6 heteroatoms. The molecule has 128 valence electrons. The van der Waals surface area contributed by atoms with Crippen molar-refractivity contribution in [2.24, 2.45) is 0 Å². The van der Waals surface area contributed by atoms with Crippen LogP contribution >= 0.6 is 0 Å². The first-order chi connectivity index (χ1) is 11.8. The van der Waals surface area contributed by atoms with E-state index in [0.717, 1.165) is 62.5 Å². The number of para-hydroxylation sites is 2. The van der Waals surface area contributed by atoms with E-state index in [2.05, 4.69) is 14.8 Å². The van der Waals surface area contributed by atoms with Gasteiger partial charge in [0.2, 0.25) is 0 Å². The van der Waals surface area contributed by atoms with Gasteiger partial charge in [-0.15, -0.1) is 0 Å². The lowest BCUT2D eigenvalue weighted by Crippen LogP contribution is -2.43. The molecule has 24 heavy (non-hydrogen) atoms. The van der Waals surface area contributed by atoms with E-state index in [-0.39, 0.29) is 6.10 Å². The molecule has 0 bridgehead atoms. The van der Waals surface area contributed by atoms with Crippen molar-refractivity contribution in [3.8, 4) is 0 Å². The van der Waals surface area contributed by atoms with Crippen molar-refractivity contribution < 1.29 is 9.84 Å². The van der Waals surface area contributed by atoms with Gasteiger partial charge < -0.3 is 14.7 Å². The van der Waals surface area contributed by atoms with Crippen LogP contribution in [0.15, 0.2) is 30.5 Å². The highest BCUT2D eigenvalue weighted by Gasteiger charge is 2.28. The molecule has 1 atom stereocenters. The Hall–Kier alpha value is -1.76. The third kappa shape index (κ3) is 3.36. The van der Waals surface area contributed by atoms with E-state index >= 15 is 0 Å². The van der Waals surface area contributed by atoms with Gasteiger partial charge in [0.05, 0.1) is 23.3 Å². The summed E-state index contributed by atoms with van der Waals surface area (Å²) in [5.41, 5.74) is 1.80. The molecule has 2 saturated heterocycles. The second-order valence-electron chi connectivity index (χ2n) is 6.66. The van der Waals surface area contributed by atoms with Crippen LogP contribution in [0.4, 0.5) is 5.82 Å². The summed E-state index contributed by atoms with van der Waals surface area (Å²) < 4.78 is 5.46. The predicted octanol–water partition coefficient (Wildman–Crippen LogP) is 1.29. The van der Waals surface area contributed by atoms with Crippen LogP contribution in [0.2, 0.25) is 0 Å². The third-order valence-electron chi connectivity index (χ3n) is 5.00. The van der Waals surface area contributed by atoms with Gasteiger partial charge in [-0.05, 0) is 25.0 Å². The van der Waals surface area contributed by atoms with Gasteiger partial charge in [-0.3, -0.25) is 9.88 Å². The van der Waals surface area contributed by atoms with Crippen LogP contribution in [0, 0.1) is 0 Å². The van der Waals surface area contributed by atoms with Crippen molar-refractivity contribution in [3.63, 3.8) is 0 Å². The number of hydrogen-bond donors (Lipinski definition) is 1. The molecule has 0 spiro atoms. The molecule has 0 saturated carbocycles. The summed E-state index contributed by atoms with van der Waals surface area (Å²) in [6.07, 6.45) is 3.56. The van der Waals surface area contributed by atoms with E-state index in [1.54, 1.807) is 0 Å². The Labute approximate surface area is 142 Å². The molecule has 0 unspecified atom stereocenters. The summed E-state index contributed by atoms with van der Waals surface area (Å²) in [7, 11) is 0. The fourth-order valence-corrected chi connectivity index (χ4v) is 3.70. The van der Waals surface area contributed by atoms with Crippen LogP contribution in [0.1, 0.15) is 12.8 Å². The second kappa shape index (κ2) is 7.01. The Balaban J connectivity index is 1.51. The minimum absolute atomic E-state index is 0.372. The van der Waals surface area contributed by atoms with E-state index in [1.165, 1.54) is 0 Å². The smallest absolute Gasteiger partial charge is 0.147 e. The first kappa shape index (κ1) is 15.7. The van der Waals surface area contributed by atoms with Gasteiger partial charge in [0.1, 0.15) is 5.82 Å². The van der Waals surface area contributed by atoms with Crippen molar-refractivity contribution in [2.45, 2.75) is 25.0 Å². The molecule has 1 N–H and O–H groups in total. The van der Waals surface area contributed by atoms with Gasteiger partial charge in [-0.1, -0.05) is 12.1 Å². The van der Waals surface area contributed by atoms with Gasteiger partial charge in [-0.2, -0.15) is 0 Å². The fraction of sp³-hybridized carbons (Fsp3) is 0.556. The monoisotopic (exact) mass is 328 g/mol. The van der Waals surface area contributed by atoms with Crippen LogP contribution in [0.3, 0.4) is 0 Å². The second-order valence-corrected chi connectivity index (χ2v) is 6.66.